The zero-order valence-corrected chi connectivity index (χ0v) is 11.7. The molecule has 104 valence electrons. The Morgan fingerprint density at radius 2 is 1.90 bits per heavy atom. The maximum Gasteiger partial charge on any atom is 0.337 e. The summed E-state index contributed by atoms with van der Waals surface area (Å²) in [6, 6.07) is 12.1. The topological polar surface area (TPSA) is 61.5 Å². The van der Waals surface area contributed by atoms with Gasteiger partial charge in [-0.1, -0.05) is 23.7 Å². The van der Waals surface area contributed by atoms with Crippen molar-refractivity contribution in [3.63, 3.8) is 0 Å². The molecule has 0 spiro atoms. The van der Waals surface area contributed by atoms with Gasteiger partial charge in [0.1, 0.15) is 12.4 Å². The van der Waals surface area contributed by atoms with Gasteiger partial charge in [0.25, 0.3) is 0 Å². The molecule has 0 fully saturated rings. The van der Waals surface area contributed by atoms with Crippen molar-refractivity contribution in [3.05, 3.63) is 58.6 Å². The van der Waals surface area contributed by atoms with Crippen molar-refractivity contribution >= 4 is 23.3 Å². The molecule has 5 heteroatoms. The molecule has 4 nitrogen and oxygen atoms in total. The van der Waals surface area contributed by atoms with Gasteiger partial charge in [-0.2, -0.15) is 0 Å². The van der Waals surface area contributed by atoms with Gasteiger partial charge in [-0.25, -0.2) is 4.79 Å². The monoisotopic (exact) mass is 291 g/mol. The summed E-state index contributed by atoms with van der Waals surface area (Å²) in [6.07, 6.45) is 0. The fourth-order valence-electron chi connectivity index (χ4n) is 1.65. The van der Waals surface area contributed by atoms with Crippen LogP contribution in [0.5, 0.6) is 5.75 Å². The van der Waals surface area contributed by atoms with E-state index in [9.17, 15) is 4.79 Å². The van der Waals surface area contributed by atoms with Crippen molar-refractivity contribution in [2.24, 2.45) is 0 Å². The van der Waals surface area contributed by atoms with Crippen LogP contribution in [0.3, 0.4) is 0 Å². The van der Waals surface area contributed by atoms with Crippen molar-refractivity contribution in [3.8, 4) is 5.75 Å². The van der Waals surface area contributed by atoms with Crippen molar-refractivity contribution < 1.29 is 14.3 Å². The fraction of sp³-hybridized carbons (Fsp3) is 0.133. The molecular formula is C15H14ClNO3. The van der Waals surface area contributed by atoms with Gasteiger partial charge in [0, 0.05) is 5.69 Å². The molecule has 0 radical (unpaired) electrons. The van der Waals surface area contributed by atoms with Crippen molar-refractivity contribution in [2.75, 3.05) is 12.8 Å². The molecule has 0 aromatic heterocycles. The first-order valence-electron chi connectivity index (χ1n) is 5.95. The lowest BCUT2D eigenvalue weighted by Crippen LogP contribution is -2.02. The summed E-state index contributed by atoms with van der Waals surface area (Å²) in [4.78, 5) is 11.3. The van der Waals surface area contributed by atoms with Crippen molar-refractivity contribution in [1.29, 1.82) is 0 Å². The first kappa shape index (κ1) is 14.2. The Morgan fingerprint density at radius 1 is 1.20 bits per heavy atom. The van der Waals surface area contributed by atoms with E-state index in [1.165, 1.54) is 7.11 Å². The number of esters is 1. The minimum absolute atomic E-state index is 0.352. The summed E-state index contributed by atoms with van der Waals surface area (Å²) in [5.41, 5.74) is 7.62. The minimum Gasteiger partial charge on any atom is -0.487 e. The van der Waals surface area contributed by atoms with Gasteiger partial charge in [-0.05, 0) is 35.9 Å². The average molecular weight is 292 g/mol. The smallest absolute Gasteiger partial charge is 0.337 e. The lowest BCUT2D eigenvalue weighted by molar-refractivity contribution is 0.0600. The Hall–Kier alpha value is -2.20. The van der Waals surface area contributed by atoms with E-state index < -0.39 is 0 Å². The molecule has 2 aromatic rings. The quantitative estimate of drug-likeness (QED) is 0.693. The van der Waals surface area contributed by atoms with Crippen LogP contribution in [0.15, 0.2) is 42.5 Å². The average Bonchev–Trinajstić information content (AvgIpc) is 2.46. The third kappa shape index (κ3) is 3.42. The highest BCUT2D eigenvalue weighted by Gasteiger charge is 2.06. The number of methoxy groups -OCH3 is 1. The molecule has 0 atom stereocenters. The molecular weight excluding hydrogens is 278 g/mol. The third-order valence-corrected chi connectivity index (χ3v) is 3.02. The number of nitrogen functional groups attached to an aromatic ring is 1. The molecule has 0 bridgehead atoms. The van der Waals surface area contributed by atoms with Gasteiger partial charge in [-0.3, -0.25) is 0 Å². The SMILES string of the molecule is COC(=O)c1ccc(COc2ccc(N)cc2Cl)cc1. The first-order valence-corrected chi connectivity index (χ1v) is 6.33. The summed E-state index contributed by atoms with van der Waals surface area (Å²) in [6.45, 7) is 0.352. The second kappa shape index (κ2) is 6.30. The lowest BCUT2D eigenvalue weighted by atomic mass is 10.1. The highest BCUT2D eigenvalue weighted by molar-refractivity contribution is 6.32. The van der Waals surface area contributed by atoms with Gasteiger partial charge in [0.15, 0.2) is 0 Å². The van der Waals surface area contributed by atoms with Crippen LogP contribution in [-0.4, -0.2) is 13.1 Å². The second-order valence-corrected chi connectivity index (χ2v) is 4.57. The van der Waals surface area contributed by atoms with Gasteiger partial charge < -0.3 is 15.2 Å². The maximum absolute atomic E-state index is 11.3. The molecule has 0 aliphatic heterocycles. The zero-order chi connectivity index (χ0) is 14.5. The van der Waals surface area contributed by atoms with Crippen LogP contribution in [0.4, 0.5) is 5.69 Å². The standard InChI is InChI=1S/C15H14ClNO3/c1-19-15(18)11-4-2-10(3-5-11)9-20-14-7-6-12(17)8-13(14)16/h2-8H,9,17H2,1H3. The summed E-state index contributed by atoms with van der Waals surface area (Å²) in [7, 11) is 1.35. The number of hydrogen-bond donors (Lipinski definition) is 1. The van der Waals surface area contributed by atoms with Crippen molar-refractivity contribution in [1.82, 2.24) is 0 Å². The van der Waals surface area contributed by atoms with E-state index in [1.807, 2.05) is 0 Å². The number of hydrogen-bond acceptors (Lipinski definition) is 4. The Kier molecular flexibility index (Phi) is 4.48. The number of nitrogens with two attached hydrogens (primary N) is 1. The molecule has 20 heavy (non-hydrogen) atoms. The van der Waals surface area contributed by atoms with Crippen LogP contribution in [-0.2, 0) is 11.3 Å². The van der Waals surface area contributed by atoms with Gasteiger partial charge >= 0.3 is 5.97 Å². The number of rotatable bonds is 4. The molecule has 0 heterocycles. The van der Waals surface area contributed by atoms with E-state index in [0.717, 1.165) is 5.56 Å². The molecule has 2 aromatic carbocycles. The van der Waals surface area contributed by atoms with Gasteiger partial charge in [-0.15, -0.1) is 0 Å². The van der Waals surface area contributed by atoms with E-state index in [4.69, 9.17) is 22.1 Å². The second-order valence-electron chi connectivity index (χ2n) is 4.17. The highest BCUT2D eigenvalue weighted by atomic mass is 35.5. The largest absolute Gasteiger partial charge is 0.487 e. The molecule has 0 aliphatic carbocycles. The zero-order valence-electron chi connectivity index (χ0n) is 10.9. The Balaban J connectivity index is 2.02. The Labute approximate surface area is 122 Å². The normalized spacial score (nSPS) is 10.1. The summed E-state index contributed by atoms with van der Waals surface area (Å²) < 4.78 is 10.2. The van der Waals surface area contributed by atoms with Crippen LogP contribution in [0.1, 0.15) is 15.9 Å². The van der Waals surface area contributed by atoms with Crippen LogP contribution in [0, 0.1) is 0 Å². The predicted molar refractivity (Wildman–Crippen MR) is 78.0 cm³/mol. The lowest BCUT2D eigenvalue weighted by Gasteiger charge is -2.09. The van der Waals surface area contributed by atoms with Crippen LogP contribution in [0.25, 0.3) is 0 Å². The molecule has 0 unspecified atom stereocenters. The molecule has 0 saturated carbocycles. The van der Waals surface area contributed by atoms with Crippen molar-refractivity contribution in [2.45, 2.75) is 6.61 Å². The molecule has 0 saturated heterocycles. The Bertz CT molecular complexity index is 611. The van der Waals surface area contributed by atoms with Gasteiger partial charge in [0.05, 0.1) is 17.7 Å². The summed E-state index contributed by atoms with van der Waals surface area (Å²) >= 11 is 6.02. The maximum atomic E-state index is 11.3. The summed E-state index contributed by atoms with van der Waals surface area (Å²) in [5, 5.41) is 0.469. The molecule has 0 amide bonds. The van der Waals surface area contributed by atoms with Gasteiger partial charge in [0.2, 0.25) is 0 Å². The minimum atomic E-state index is -0.362. The predicted octanol–water partition coefficient (Wildman–Crippen LogP) is 3.29. The van der Waals surface area contributed by atoms with E-state index in [1.54, 1.807) is 42.5 Å². The first-order chi connectivity index (χ1) is 9.60. The number of halogens is 1. The summed E-state index contributed by atoms with van der Waals surface area (Å²) in [5.74, 6) is 0.206. The number of ether oxygens (including phenoxy) is 2. The third-order valence-electron chi connectivity index (χ3n) is 2.73. The molecule has 2 N–H and O–H groups in total. The van der Waals surface area contributed by atoms with E-state index in [2.05, 4.69) is 4.74 Å². The number of benzene rings is 2. The molecule has 2 rings (SSSR count). The number of carbonyl (C=O) groups is 1. The molecule has 0 aliphatic rings. The van der Waals surface area contributed by atoms with E-state index in [-0.39, 0.29) is 5.97 Å². The number of carbonyl (C=O) groups excluding carboxylic acids is 1. The van der Waals surface area contributed by atoms with Crippen LogP contribution >= 0.6 is 11.6 Å². The fourth-order valence-corrected chi connectivity index (χ4v) is 1.89. The van der Waals surface area contributed by atoms with Crippen LogP contribution in [0.2, 0.25) is 5.02 Å². The Morgan fingerprint density at radius 3 is 2.50 bits per heavy atom. The van der Waals surface area contributed by atoms with Crippen LogP contribution < -0.4 is 10.5 Å². The highest BCUT2D eigenvalue weighted by Crippen LogP contribution is 2.27. The van der Waals surface area contributed by atoms with E-state index >= 15 is 0 Å². The number of anilines is 1. The van der Waals surface area contributed by atoms with E-state index in [0.29, 0.717) is 28.6 Å².